The molecule has 2 aliphatic heterocycles. The number of carbonyl (C=O) groups is 1. The van der Waals surface area contributed by atoms with Crippen LogP contribution in [0.5, 0.6) is 0 Å². The quantitative estimate of drug-likeness (QED) is 0.827. The zero-order valence-corrected chi connectivity index (χ0v) is 15.5. The van der Waals surface area contributed by atoms with Crippen LogP contribution in [-0.4, -0.2) is 47.9 Å². The first-order valence-corrected chi connectivity index (χ1v) is 10.2. The molecule has 0 radical (unpaired) electrons. The van der Waals surface area contributed by atoms with Crippen LogP contribution in [0.2, 0.25) is 0 Å². The molecule has 5 rings (SSSR count). The number of carbonyl (C=O) groups excluding carboxylic acids is 1. The van der Waals surface area contributed by atoms with Crippen LogP contribution < -0.4 is 0 Å². The second kappa shape index (κ2) is 6.44. The summed E-state index contributed by atoms with van der Waals surface area (Å²) >= 11 is 1.75. The first kappa shape index (κ1) is 16.4. The van der Waals surface area contributed by atoms with Gasteiger partial charge >= 0.3 is 0 Å². The number of thiazole rings is 1. The lowest BCUT2D eigenvalue weighted by atomic mass is 10.0. The lowest BCUT2D eigenvalue weighted by molar-refractivity contribution is -0.181. The Morgan fingerprint density at radius 2 is 1.81 bits per heavy atom. The van der Waals surface area contributed by atoms with Gasteiger partial charge < -0.3 is 14.4 Å². The molecular formula is C20H22N2O3S. The van der Waals surface area contributed by atoms with Gasteiger partial charge in [0.1, 0.15) is 0 Å². The fourth-order valence-electron chi connectivity index (χ4n) is 3.74. The molecule has 5 nitrogen and oxygen atoms in total. The van der Waals surface area contributed by atoms with Crippen LogP contribution in [0.1, 0.15) is 47.0 Å². The SMILES string of the molecule is O=C(c1ccc(-c2csc(C3CC3)n2)cc1)N1CCC2(CC1)OCCO2. The Bertz CT molecular complexity index is 797. The summed E-state index contributed by atoms with van der Waals surface area (Å²) < 4.78 is 11.5. The van der Waals surface area contributed by atoms with Crippen LogP contribution >= 0.6 is 11.3 Å². The number of aromatic nitrogens is 1. The third-order valence-corrected chi connectivity index (χ3v) is 6.51. The van der Waals surface area contributed by atoms with Crippen molar-refractivity contribution in [3.8, 4) is 11.3 Å². The highest BCUT2D eigenvalue weighted by Crippen LogP contribution is 2.42. The molecule has 3 heterocycles. The molecular weight excluding hydrogens is 348 g/mol. The molecule has 26 heavy (non-hydrogen) atoms. The second-order valence-electron chi connectivity index (χ2n) is 7.32. The Hall–Kier alpha value is -1.76. The number of benzene rings is 1. The van der Waals surface area contributed by atoms with Crippen molar-refractivity contribution < 1.29 is 14.3 Å². The topological polar surface area (TPSA) is 51.7 Å². The number of nitrogens with zero attached hydrogens (tertiary/aromatic N) is 2. The van der Waals surface area contributed by atoms with Crippen LogP contribution in [0.15, 0.2) is 29.6 Å². The van der Waals surface area contributed by atoms with E-state index in [4.69, 9.17) is 14.5 Å². The van der Waals surface area contributed by atoms with Gasteiger partial charge in [-0.25, -0.2) is 4.98 Å². The predicted molar refractivity (Wildman–Crippen MR) is 99.3 cm³/mol. The molecule has 3 fully saturated rings. The van der Waals surface area contributed by atoms with Gasteiger partial charge in [0.05, 0.1) is 23.9 Å². The summed E-state index contributed by atoms with van der Waals surface area (Å²) in [6.45, 7) is 2.68. The highest BCUT2D eigenvalue weighted by atomic mass is 32.1. The average molecular weight is 370 g/mol. The zero-order chi connectivity index (χ0) is 17.6. The number of hydrogen-bond donors (Lipinski definition) is 0. The van der Waals surface area contributed by atoms with E-state index in [1.54, 1.807) is 11.3 Å². The number of amides is 1. The Kier molecular flexibility index (Phi) is 4.07. The molecule has 1 aliphatic carbocycles. The fourth-order valence-corrected chi connectivity index (χ4v) is 4.74. The van der Waals surface area contributed by atoms with E-state index in [0.717, 1.165) is 29.7 Å². The minimum atomic E-state index is -0.440. The molecule has 1 aromatic heterocycles. The molecule has 1 aromatic carbocycles. The number of rotatable bonds is 3. The predicted octanol–water partition coefficient (Wildman–Crippen LogP) is 3.67. The number of hydrogen-bond acceptors (Lipinski definition) is 5. The summed E-state index contributed by atoms with van der Waals surface area (Å²) in [5, 5.41) is 3.37. The summed E-state index contributed by atoms with van der Waals surface area (Å²) in [7, 11) is 0. The molecule has 0 unspecified atom stereocenters. The van der Waals surface area contributed by atoms with E-state index < -0.39 is 5.79 Å². The first-order valence-electron chi connectivity index (χ1n) is 9.36. The van der Waals surface area contributed by atoms with E-state index in [1.165, 1.54) is 17.8 Å². The molecule has 3 aliphatic rings. The van der Waals surface area contributed by atoms with Crippen molar-refractivity contribution in [2.24, 2.45) is 0 Å². The van der Waals surface area contributed by atoms with E-state index >= 15 is 0 Å². The van der Waals surface area contributed by atoms with E-state index in [-0.39, 0.29) is 5.91 Å². The van der Waals surface area contributed by atoms with Crippen molar-refractivity contribution >= 4 is 17.2 Å². The Balaban J connectivity index is 1.25. The minimum absolute atomic E-state index is 0.0846. The van der Waals surface area contributed by atoms with Crippen LogP contribution in [0.3, 0.4) is 0 Å². The van der Waals surface area contributed by atoms with Gasteiger partial charge in [-0.15, -0.1) is 11.3 Å². The normalized spacial score (nSPS) is 22.1. The van der Waals surface area contributed by atoms with Gasteiger partial charge in [0.15, 0.2) is 5.79 Å². The smallest absolute Gasteiger partial charge is 0.253 e. The molecule has 1 amide bonds. The molecule has 6 heteroatoms. The number of piperidine rings is 1. The average Bonchev–Trinajstić information content (AvgIpc) is 3.24. The standard InChI is InChI=1S/C20H22N2O3S/c23-19(22-9-7-20(8-10-22)24-11-12-25-20)16-5-1-14(2-6-16)17-13-26-18(21-17)15-3-4-15/h1-2,5-6,13,15H,3-4,7-12H2. The summed E-state index contributed by atoms with van der Waals surface area (Å²) in [6.07, 6.45) is 4.04. The van der Waals surface area contributed by atoms with Gasteiger partial charge in [-0.1, -0.05) is 12.1 Å². The van der Waals surface area contributed by atoms with Crippen LogP contribution in [-0.2, 0) is 9.47 Å². The highest BCUT2D eigenvalue weighted by Gasteiger charge is 2.40. The minimum Gasteiger partial charge on any atom is -0.347 e. The van der Waals surface area contributed by atoms with Gasteiger partial charge in [0, 0.05) is 48.4 Å². The lowest BCUT2D eigenvalue weighted by Gasteiger charge is -2.37. The van der Waals surface area contributed by atoms with Crippen molar-refractivity contribution in [3.63, 3.8) is 0 Å². The monoisotopic (exact) mass is 370 g/mol. The van der Waals surface area contributed by atoms with Crippen LogP contribution in [0, 0.1) is 0 Å². The summed E-state index contributed by atoms with van der Waals surface area (Å²) in [5.74, 6) is 0.330. The molecule has 0 bridgehead atoms. The Morgan fingerprint density at radius 3 is 2.46 bits per heavy atom. The highest BCUT2D eigenvalue weighted by molar-refractivity contribution is 7.10. The van der Waals surface area contributed by atoms with Gasteiger partial charge in [-0.3, -0.25) is 4.79 Å². The van der Waals surface area contributed by atoms with E-state index in [2.05, 4.69) is 5.38 Å². The molecule has 2 aromatic rings. The molecule has 0 N–H and O–H groups in total. The van der Waals surface area contributed by atoms with Gasteiger partial charge in [-0.2, -0.15) is 0 Å². The van der Waals surface area contributed by atoms with E-state index in [1.807, 2.05) is 29.2 Å². The van der Waals surface area contributed by atoms with Crippen molar-refractivity contribution in [3.05, 3.63) is 40.2 Å². The van der Waals surface area contributed by atoms with Gasteiger partial charge in [0.2, 0.25) is 0 Å². The second-order valence-corrected chi connectivity index (χ2v) is 8.21. The maximum absolute atomic E-state index is 12.8. The maximum atomic E-state index is 12.8. The van der Waals surface area contributed by atoms with Gasteiger partial charge in [-0.05, 0) is 25.0 Å². The lowest BCUT2D eigenvalue weighted by Crippen LogP contribution is -2.47. The van der Waals surface area contributed by atoms with Crippen molar-refractivity contribution in [1.82, 2.24) is 9.88 Å². The molecule has 1 saturated carbocycles. The molecule has 136 valence electrons. The van der Waals surface area contributed by atoms with E-state index in [9.17, 15) is 4.79 Å². The summed E-state index contributed by atoms with van der Waals surface area (Å²) in [4.78, 5) is 19.4. The third kappa shape index (κ3) is 3.06. The van der Waals surface area contributed by atoms with Crippen molar-refractivity contribution in [2.45, 2.75) is 37.4 Å². The van der Waals surface area contributed by atoms with Crippen molar-refractivity contribution in [2.75, 3.05) is 26.3 Å². The maximum Gasteiger partial charge on any atom is 0.253 e. The Labute approximate surface area is 156 Å². The zero-order valence-electron chi connectivity index (χ0n) is 14.6. The molecule has 2 saturated heterocycles. The molecule has 0 atom stereocenters. The van der Waals surface area contributed by atoms with Crippen LogP contribution in [0.25, 0.3) is 11.3 Å². The largest absolute Gasteiger partial charge is 0.347 e. The van der Waals surface area contributed by atoms with E-state index in [0.29, 0.717) is 32.2 Å². The van der Waals surface area contributed by atoms with Gasteiger partial charge in [0.25, 0.3) is 5.91 Å². The first-order chi connectivity index (χ1) is 12.7. The summed E-state index contributed by atoms with van der Waals surface area (Å²) in [5.41, 5.74) is 2.83. The van der Waals surface area contributed by atoms with Crippen LogP contribution in [0.4, 0.5) is 0 Å². The third-order valence-electron chi connectivity index (χ3n) is 5.50. The fraction of sp³-hybridized carbons (Fsp3) is 0.500. The van der Waals surface area contributed by atoms with Crippen molar-refractivity contribution in [1.29, 1.82) is 0 Å². The number of likely N-dealkylation sites (tertiary alicyclic amines) is 1. The molecule has 1 spiro atoms. The number of ether oxygens (including phenoxy) is 2. The Morgan fingerprint density at radius 1 is 1.12 bits per heavy atom. The summed E-state index contributed by atoms with van der Waals surface area (Å²) in [6, 6.07) is 7.85.